The minimum Gasteiger partial charge on any atom is -0.409 e. The van der Waals surface area contributed by atoms with Crippen molar-refractivity contribution in [1.29, 1.82) is 0 Å². The molecule has 6 nitrogen and oxygen atoms in total. The summed E-state index contributed by atoms with van der Waals surface area (Å²) < 4.78 is 39.1. The highest BCUT2D eigenvalue weighted by atomic mass is 35.7. The van der Waals surface area contributed by atoms with E-state index in [2.05, 4.69) is 72.8 Å². The third-order valence-corrected chi connectivity index (χ3v) is 5.46. The van der Waals surface area contributed by atoms with Crippen LogP contribution >= 0.6 is 11.6 Å². The Morgan fingerprint density at radius 3 is 2.09 bits per heavy atom. The van der Waals surface area contributed by atoms with E-state index in [-0.39, 0.29) is 0 Å². The van der Waals surface area contributed by atoms with Crippen LogP contribution in [0.5, 0.6) is 0 Å². The van der Waals surface area contributed by atoms with Gasteiger partial charge in [-0.05, 0) is 41.1 Å². The summed E-state index contributed by atoms with van der Waals surface area (Å²) in [6, 6.07) is 29.3. The van der Waals surface area contributed by atoms with Gasteiger partial charge in [0.25, 0.3) is 0 Å². The molecule has 0 fully saturated rings. The van der Waals surface area contributed by atoms with Crippen LogP contribution in [0.2, 0.25) is 0 Å². The number of fused-ring (bicyclic) bond motifs is 3. The van der Waals surface area contributed by atoms with E-state index in [0.717, 1.165) is 6.42 Å². The maximum Gasteiger partial charge on any atom is 0.108 e. The van der Waals surface area contributed by atoms with E-state index in [1.165, 1.54) is 48.8 Å². The second-order valence-electron chi connectivity index (χ2n) is 6.73. The molecule has 1 heterocycles. The number of halogens is 1. The topological polar surface area (TPSA) is 129 Å². The molecule has 3 aromatic carbocycles. The van der Waals surface area contributed by atoms with Crippen LogP contribution in [-0.4, -0.2) is 11.2 Å². The molecule has 0 radical (unpaired) electrons. The molecule has 3 aromatic rings. The van der Waals surface area contributed by atoms with Crippen molar-refractivity contribution in [2.45, 2.75) is 6.42 Å². The highest BCUT2D eigenvalue weighted by Gasteiger charge is 2.04. The minimum absolute atomic E-state index is 0.698. The summed E-state index contributed by atoms with van der Waals surface area (Å²) in [7, 11) is -4.69. The van der Waals surface area contributed by atoms with Gasteiger partial charge in [-0.2, -0.15) is 14.0 Å². The molecule has 0 spiro atoms. The van der Waals surface area contributed by atoms with E-state index >= 15 is 0 Å². The van der Waals surface area contributed by atoms with Gasteiger partial charge in [0.05, 0.1) is 19.4 Å². The third kappa shape index (κ3) is 6.62. The molecule has 0 saturated carbocycles. The van der Waals surface area contributed by atoms with Crippen LogP contribution in [0, 0.1) is 20.0 Å². The molecule has 32 heavy (non-hydrogen) atoms. The first-order valence-corrected chi connectivity index (χ1v) is 11.7. The Labute approximate surface area is 191 Å². The number of hydrogen-bond donors (Lipinski definition) is 2. The van der Waals surface area contributed by atoms with Gasteiger partial charge in [-0.3, -0.25) is 0 Å². The van der Waals surface area contributed by atoms with Crippen molar-refractivity contribution in [3.63, 3.8) is 0 Å². The standard InChI is InChI=1S/C14H15N.C10H6OS.ClHO4/c15-11-10-13-8-4-5-9-14(13)12-6-2-1-3-7-12;1-2-4-8-7(3-1)9-5-6-11-12-10(8)9;2-1(3,4)5/h1-9H,10-11,15H2;1-6H;(H,2,3,4,5). The lowest BCUT2D eigenvalue weighted by Crippen LogP contribution is -2.58. The van der Waals surface area contributed by atoms with Crippen LogP contribution in [0.15, 0.2) is 95.0 Å². The lowest BCUT2D eigenvalue weighted by atomic mass is 9.98. The van der Waals surface area contributed by atoms with Crippen molar-refractivity contribution >= 4 is 22.4 Å². The summed E-state index contributed by atoms with van der Waals surface area (Å²) >= 11 is 1.45. The van der Waals surface area contributed by atoms with Crippen molar-refractivity contribution < 1.29 is 32.7 Å². The van der Waals surface area contributed by atoms with Crippen LogP contribution in [0.3, 0.4) is 0 Å². The molecule has 2 aliphatic rings. The maximum absolute atomic E-state index is 8.60. The monoisotopic (exact) mass is 471 g/mol. The van der Waals surface area contributed by atoms with Crippen LogP contribution in [0.4, 0.5) is 0 Å². The molecule has 1 aliphatic heterocycles. The SMILES string of the molecule is NCCc1ccccc1-c1ccccc1.[O-][Cl+3]([O-])([O-])O.c1ccc2c3soccc=3c2c1. The van der Waals surface area contributed by atoms with Crippen LogP contribution < -0.4 is 19.7 Å². The van der Waals surface area contributed by atoms with E-state index in [1.807, 2.05) is 12.1 Å². The van der Waals surface area contributed by atoms with Crippen molar-refractivity contribution in [1.82, 2.24) is 0 Å². The van der Waals surface area contributed by atoms with E-state index in [0.29, 0.717) is 6.54 Å². The summed E-state index contributed by atoms with van der Waals surface area (Å²) in [5.74, 6) is 0. The fourth-order valence-electron chi connectivity index (χ4n) is 3.34. The minimum atomic E-state index is -4.69. The average Bonchev–Trinajstić information content (AvgIpc) is 2.78. The molecule has 0 bridgehead atoms. The van der Waals surface area contributed by atoms with Crippen molar-refractivity contribution in [3.05, 3.63) is 107 Å². The third-order valence-electron chi connectivity index (χ3n) is 4.64. The number of nitrogens with two attached hydrogens (primary N) is 1. The normalized spacial score (nSPS) is 10.9. The Kier molecular flexibility index (Phi) is 8.38. The highest BCUT2D eigenvalue weighted by Crippen LogP contribution is 2.26. The highest BCUT2D eigenvalue weighted by molar-refractivity contribution is 7.01. The molecule has 166 valence electrons. The number of hydrogen-bond acceptors (Lipinski definition) is 7. The van der Waals surface area contributed by atoms with E-state index in [1.54, 1.807) is 6.26 Å². The fourth-order valence-corrected chi connectivity index (χ4v) is 4.08. The van der Waals surface area contributed by atoms with Gasteiger partial charge in [-0.15, -0.1) is 0 Å². The maximum atomic E-state index is 8.60. The second kappa shape index (κ2) is 11.2. The van der Waals surface area contributed by atoms with E-state index < -0.39 is 10.2 Å². The predicted octanol–water partition coefficient (Wildman–Crippen LogP) is 1.95. The molecular formula is C24H22ClNO5S. The summed E-state index contributed by atoms with van der Waals surface area (Å²) in [6.45, 7) is 0.698. The molecular weight excluding hydrogens is 450 g/mol. The van der Waals surface area contributed by atoms with Gasteiger partial charge < -0.3 is 9.58 Å². The van der Waals surface area contributed by atoms with Gasteiger partial charge in [0.2, 0.25) is 0 Å². The Morgan fingerprint density at radius 1 is 0.812 bits per heavy atom. The van der Waals surface area contributed by atoms with Gasteiger partial charge >= 0.3 is 0 Å². The van der Waals surface area contributed by atoms with Gasteiger partial charge in [0, 0.05) is 22.2 Å². The lowest BCUT2D eigenvalue weighted by Gasteiger charge is -2.08. The Balaban J connectivity index is 0.000000152. The first kappa shape index (κ1) is 23.9. The second-order valence-corrected chi connectivity index (χ2v) is 8.29. The van der Waals surface area contributed by atoms with Crippen molar-refractivity contribution in [2.75, 3.05) is 6.54 Å². The molecule has 0 aromatic heterocycles. The van der Waals surface area contributed by atoms with Crippen LogP contribution in [-0.2, 0) is 6.42 Å². The average molecular weight is 472 g/mol. The van der Waals surface area contributed by atoms with Gasteiger partial charge in [0.15, 0.2) is 0 Å². The molecule has 1 aliphatic carbocycles. The Morgan fingerprint density at radius 2 is 1.41 bits per heavy atom. The summed E-state index contributed by atoms with van der Waals surface area (Å²) in [4.78, 5) is 0. The summed E-state index contributed by atoms with van der Waals surface area (Å²) in [5.41, 5.74) is 9.49. The fraction of sp³-hybridized carbons (Fsp3) is 0.0833. The zero-order valence-corrected chi connectivity index (χ0v) is 18.6. The lowest BCUT2D eigenvalue weighted by molar-refractivity contribution is -1.92. The Bertz CT molecular complexity index is 1240. The van der Waals surface area contributed by atoms with Crippen molar-refractivity contribution in [3.8, 4) is 11.1 Å². The zero-order valence-electron chi connectivity index (χ0n) is 17.0. The zero-order chi connectivity index (χ0) is 23.0. The first-order valence-electron chi connectivity index (χ1n) is 9.69. The van der Waals surface area contributed by atoms with E-state index in [9.17, 15) is 0 Å². The molecule has 3 N–H and O–H groups in total. The first-order chi connectivity index (χ1) is 15.4. The smallest absolute Gasteiger partial charge is 0.108 e. The molecule has 5 rings (SSSR count). The van der Waals surface area contributed by atoms with Crippen LogP contribution in [0.1, 0.15) is 5.56 Å². The van der Waals surface area contributed by atoms with E-state index in [4.69, 9.17) is 28.2 Å². The predicted molar refractivity (Wildman–Crippen MR) is 116 cm³/mol. The Hall–Kier alpha value is -2.75. The number of benzene rings is 3. The molecule has 0 atom stereocenters. The summed E-state index contributed by atoms with van der Waals surface area (Å²) in [6.07, 6.45) is 2.67. The van der Waals surface area contributed by atoms with Crippen LogP contribution in [0.25, 0.3) is 21.9 Å². The largest absolute Gasteiger partial charge is 0.409 e. The molecule has 0 amide bonds. The quantitative estimate of drug-likeness (QED) is 0.414. The van der Waals surface area contributed by atoms with Crippen molar-refractivity contribution in [2.24, 2.45) is 5.73 Å². The molecule has 0 unspecified atom stereocenters. The van der Waals surface area contributed by atoms with Gasteiger partial charge in [-0.1, -0.05) is 78.9 Å². The molecule has 0 saturated heterocycles. The van der Waals surface area contributed by atoms with Gasteiger partial charge in [-0.25, -0.2) is 0 Å². The van der Waals surface area contributed by atoms with Gasteiger partial charge in [0.1, 0.15) is 6.26 Å². The summed E-state index contributed by atoms with van der Waals surface area (Å²) in [5, 5.41) is 3.99. The molecule has 8 heteroatoms. The number of rotatable bonds is 3.